The molecule has 2 aromatic rings. The Morgan fingerprint density at radius 2 is 2.00 bits per heavy atom. The lowest BCUT2D eigenvalue weighted by molar-refractivity contribution is -0.113. The highest BCUT2D eigenvalue weighted by Crippen LogP contribution is 2.33. The quantitative estimate of drug-likeness (QED) is 0.743. The lowest BCUT2D eigenvalue weighted by atomic mass is 9.99. The standard InChI is InChI=1S/C15H12O2/c1-10(16)12-8-14-13-5-3-2-4-11(13)6-7-15(14)17-9-12/h2-8H,9H2,1H3. The largest absolute Gasteiger partial charge is 0.488 e. The number of benzene rings is 2. The van der Waals surface area contributed by atoms with Gasteiger partial charge in [0.05, 0.1) is 0 Å². The number of carbonyl (C=O) groups is 1. The van der Waals surface area contributed by atoms with Crippen LogP contribution >= 0.6 is 0 Å². The third kappa shape index (κ3) is 1.62. The fraction of sp³-hybridized carbons (Fsp3) is 0.133. The van der Waals surface area contributed by atoms with Crippen LogP contribution in [0.1, 0.15) is 12.5 Å². The maximum absolute atomic E-state index is 11.4. The van der Waals surface area contributed by atoms with Gasteiger partial charge in [-0.3, -0.25) is 4.79 Å². The Morgan fingerprint density at radius 3 is 2.82 bits per heavy atom. The fourth-order valence-corrected chi connectivity index (χ4v) is 2.13. The maximum atomic E-state index is 11.4. The molecule has 0 unspecified atom stereocenters. The normalized spacial score (nSPS) is 13.8. The molecule has 0 radical (unpaired) electrons. The average Bonchev–Trinajstić information content (AvgIpc) is 2.38. The molecule has 1 heterocycles. The highest BCUT2D eigenvalue weighted by atomic mass is 16.5. The molecule has 0 saturated carbocycles. The summed E-state index contributed by atoms with van der Waals surface area (Å²) in [6, 6.07) is 12.1. The van der Waals surface area contributed by atoms with Crippen molar-refractivity contribution in [1.29, 1.82) is 0 Å². The van der Waals surface area contributed by atoms with Crippen LogP contribution in [0, 0.1) is 0 Å². The molecule has 2 aromatic carbocycles. The van der Waals surface area contributed by atoms with Crippen LogP contribution in [-0.4, -0.2) is 12.4 Å². The molecule has 17 heavy (non-hydrogen) atoms. The van der Waals surface area contributed by atoms with Gasteiger partial charge in [-0.2, -0.15) is 0 Å². The van der Waals surface area contributed by atoms with E-state index < -0.39 is 0 Å². The molecule has 0 bridgehead atoms. The molecule has 0 spiro atoms. The zero-order valence-electron chi connectivity index (χ0n) is 9.57. The molecule has 0 atom stereocenters. The van der Waals surface area contributed by atoms with Crippen LogP contribution in [0.25, 0.3) is 16.8 Å². The van der Waals surface area contributed by atoms with Crippen molar-refractivity contribution < 1.29 is 9.53 Å². The summed E-state index contributed by atoms with van der Waals surface area (Å²) in [6.45, 7) is 1.95. The lowest BCUT2D eigenvalue weighted by Crippen LogP contribution is -2.12. The fourth-order valence-electron chi connectivity index (χ4n) is 2.13. The van der Waals surface area contributed by atoms with E-state index in [9.17, 15) is 4.79 Å². The Bertz CT molecular complexity index is 638. The van der Waals surface area contributed by atoms with Crippen molar-refractivity contribution in [2.45, 2.75) is 6.92 Å². The Labute approximate surface area is 99.5 Å². The molecule has 2 nitrogen and oxygen atoms in total. The molecule has 1 aliphatic heterocycles. The molecular formula is C15H12O2. The summed E-state index contributed by atoms with van der Waals surface area (Å²) in [4.78, 5) is 11.4. The number of carbonyl (C=O) groups excluding carboxylic acids is 1. The van der Waals surface area contributed by atoms with Crippen LogP contribution in [0.3, 0.4) is 0 Å². The summed E-state index contributed by atoms with van der Waals surface area (Å²) in [5.74, 6) is 0.928. The van der Waals surface area contributed by atoms with Crippen molar-refractivity contribution in [3.63, 3.8) is 0 Å². The number of ketones is 1. The number of rotatable bonds is 1. The smallest absolute Gasteiger partial charge is 0.159 e. The highest BCUT2D eigenvalue weighted by Gasteiger charge is 2.16. The van der Waals surface area contributed by atoms with Crippen LogP contribution in [0.5, 0.6) is 5.75 Å². The van der Waals surface area contributed by atoms with Gasteiger partial charge in [0.2, 0.25) is 0 Å². The minimum atomic E-state index is 0.0728. The molecule has 2 heteroatoms. The van der Waals surface area contributed by atoms with Crippen molar-refractivity contribution in [2.24, 2.45) is 0 Å². The van der Waals surface area contributed by atoms with Crippen LogP contribution in [0.2, 0.25) is 0 Å². The number of fused-ring (bicyclic) bond motifs is 3. The van der Waals surface area contributed by atoms with Gasteiger partial charge in [-0.25, -0.2) is 0 Å². The van der Waals surface area contributed by atoms with E-state index in [-0.39, 0.29) is 5.78 Å². The van der Waals surface area contributed by atoms with Gasteiger partial charge in [0.15, 0.2) is 5.78 Å². The lowest BCUT2D eigenvalue weighted by Gasteiger charge is -2.18. The summed E-state index contributed by atoms with van der Waals surface area (Å²) in [7, 11) is 0. The topological polar surface area (TPSA) is 26.3 Å². The molecule has 3 rings (SSSR count). The van der Waals surface area contributed by atoms with E-state index in [0.29, 0.717) is 6.61 Å². The molecule has 0 saturated heterocycles. The second-order valence-electron chi connectivity index (χ2n) is 4.21. The van der Waals surface area contributed by atoms with E-state index in [1.54, 1.807) is 6.92 Å². The van der Waals surface area contributed by atoms with Crippen LogP contribution < -0.4 is 4.74 Å². The zero-order chi connectivity index (χ0) is 11.8. The van der Waals surface area contributed by atoms with Crippen LogP contribution in [-0.2, 0) is 4.79 Å². The number of hydrogen-bond donors (Lipinski definition) is 0. The first kappa shape index (κ1) is 10.1. The number of Topliss-reactive ketones (excluding diaryl/α,β-unsaturated/α-hetero) is 1. The number of ether oxygens (including phenoxy) is 1. The average molecular weight is 224 g/mol. The van der Waals surface area contributed by atoms with Crippen molar-refractivity contribution in [2.75, 3.05) is 6.61 Å². The third-order valence-electron chi connectivity index (χ3n) is 3.08. The van der Waals surface area contributed by atoms with Crippen LogP contribution in [0.4, 0.5) is 0 Å². The summed E-state index contributed by atoms with van der Waals surface area (Å²) >= 11 is 0. The predicted molar refractivity (Wildman–Crippen MR) is 68.1 cm³/mol. The molecule has 0 aliphatic carbocycles. The Balaban J connectivity index is 2.30. The summed E-state index contributed by atoms with van der Waals surface area (Å²) < 4.78 is 5.62. The van der Waals surface area contributed by atoms with Gasteiger partial charge < -0.3 is 4.74 Å². The molecule has 84 valence electrons. The maximum Gasteiger partial charge on any atom is 0.159 e. The van der Waals surface area contributed by atoms with Gasteiger partial charge >= 0.3 is 0 Å². The van der Waals surface area contributed by atoms with Gasteiger partial charge in [0.25, 0.3) is 0 Å². The van der Waals surface area contributed by atoms with Crippen molar-refractivity contribution in [3.05, 3.63) is 47.5 Å². The first-order valence-corrected chi connectivity index (χ1v) is 5.62. The minimum Gasteiger partial charge on any atom is -0.488 e. The second-order valence-corrected chi connectivity index (χ2v) is 4.21. The molecule has 0 fully saturated rings. The van der Waals surface area contributed by atoms with Gasteiger partial charge in [-0.15, -0.1) is 0 Å². The number of hydrogen-bond acceptors (Lipinski definition) is 2. The van der Waals surface area contributed by atoms with Gasteiger partial charge in [0.1, 0.15) is 12.4 Å². The Kier molecular flexibility index (Phi) is 2.22. The molecule has 1 aliphatic rings. The third-order valence-corrected chi connectivity index (χ3v) is 3.08. The van der Waals surface area contributed by atoms with Gasteiger partial charge in [-0.1, -0.05) is 30.3 Å². The van der Waals surface area contributed by atoms with Crippen molar-refractivity contribution in [3.8, 4) is 5.75 Å². The summed E-state index contributed by atoms with van der Waals surface area (Å²) in [6.07, 6.45) is 1.95. The van der Waals surface area contributed by atoms with E-state index >= 15 is 0 Å². The van der Waals surface area contributed by atoms with E-state index in [1.807, 2.05) is 30.3 Å². The second kappa shape index (κ2) is 3.74. The monoisotopic (exact) mass is 224 g/mol. The highest BCUT2D eigenvalue weighted by molar-refractivity contribution is 6.03. The molecule has 0 amide bonds. The molecule has 0 N–H and O–H groups in total. The Morgan fingerprint density at radius 1 is 1.18 bits per heavy atom. The van der Waals surface area contributed by atoms with Crippen LogP contribution in [0.15, 0.2) is 42.0 Å². The Hall–Kier alpha value is -2.09. The van der Waals surface area contributed by atoms with Crippen molar-refractivity contribution >= 4 is 22.6 Å². The molecular weight excluding hydrogens is 212 g/mol. The molecule has 0 aromatic heterocycles. The van der Waals surface area contributed by atoms with E-state index in [0.717, 1.165) is 27.7 Å². The van der Waals surface area contributed by atoms with E-state index in [2.05, 4.69) is 12.1 Å². The van der Waals surface area contributed by atoms with E-state index in [4.69, 9.17) is 4.74 Å². The van der Waals surface area contributed by atoms with Gasteiger partial charge in [-0.05, 0) is 29.8 Å². The first-order chi connectivity index (χ1) is 8.25. The van der Waals surface area contributed by atoms with E-state index in [1.165, 1.54) is 0 Å². The zero-order valence-corrected chi connectivity index (χ0v) is 9.57. The minimum absolute atomic E-state index is 0.0728. The first-order valence-electron chi connectivity index (χ1n) is 5.62. The summed E-state index contributed by atoms with van der Waals surface area (Å²) in [5.41, 5.74) is 1.74. The van der Waals surface area contributed by atoms with Crippen molar-refractivity contribution in [1.82, 2.24) is 0 Å². The van der Waals surface area contributed by atoms with Gasteiger partial charge in [0, 0.05) is 11.1 Å². The predicted octanol–water partition coefficient (Wildman–Crippen LogP) is 3.20. The summed E-state index contributed by atoms with van der Waals surface area (Å²) in [5, 5.41) is 2.29. The SMILES string of the molecule is CC(=O)C1=Cc2c(ccc3ccccc23)OC1.